The molecule has 0 atom stereocenters. The van der Waals surface area contributed by atoms with E-state index in [0.717, 1.165) is 17.2 Å². The van der Waals surface area contributed by atoms with Gasteiger partial charge in [-0.25, -0.2) is 4.98 Å². The van der Waals surface area contributed by atoms with Crippen LogP contribution in [-0.4, -0.2) is 11.1 Å². The summed E-state index contributed by atoms with van der Waals surface area (Å²) < 4.78 is 10.7. The minimum absolute atomic E-state index is 0.197. The van der Waals surface area contributed by atoms with Crippen LogP contribution < -0.4 is 10.1 Å². The number of aromatic nitrogens is 1. The summed E-state index contributed by atoms with van der Waals surface area (Å²) >= 11 is 0. The Morgan fingerprint density at radius 1 is 1.29 bits per heavy atom. The van der Waals surface area contributed by atoms with Crippen LogP contribution in [0.25, 0.3) is 0 Å². The Balaban J connectivity index is 1.89. The fourth-order valence-corrected chi connectivity index (χ4v) is 1.44. The number of ether oxygens (including phenoxy) is 1. The van der Waals surface area contributed by atoms with Crippen LogP contribution in [0.2, 0.25) is 0 Å². The Bertz CT molecular complexity index is 435. The van der Waals surface area contributed by atoms with Gasteiger partial charge >= 0.3 is 0 Å². The number of hydrogen-bond donors (Lipinski definition) is 1. The average Bonchev–Trinajstić information content (AvgIpc) is 2.80. The molecule has 0 unspecified atom stereocenters. The van der Waals surface area contributed by atoms with E-state index < -0.39 is 0 Å². The Labute approximate surface area is 101 Å². The molecule has 2 aromatic rings. The van der Waals surface area contributed by atoms with Crippen LogP contribution in [-0.2, 0) is 6.54 Å². The second-order valence-electron chi connectivity index (χ2n) is 4.01. The van der Waals surface area contributed by atoms with E-state index in [1.54, 1.807) is 6.20 Å². The van der Waals surface area contributed by atoms with Crippen molar-refractivity contribution in [3.8, 4) is 5.75 Å². The van der Waals surface area contributed by atoms with E-state index in [9.17, 15) is 0 Å². The van der Waals surface area contributed by atoms with E-state index in [4.69, 9.17) is 9.15 Å². The van der Waals surface area contributed by atoms with Gasteiger partial charge in [-0.3, -0.25) is 0 Å². The van der Waals surface area contributed by atoms with Gasteiger partial charge in [0, 0.05) is 5.69 Å². The molecule has 0 aliphatic heterocycles. The summed E-state index contributed by atoms with van der Waals surface area (Å²) in [6.45, 7) is 4.65. The molecular formula is C13H16N2O2. The van der Waals surface area contributed by atoms with Gasteiger partial charge in [0.2, 0.25) is 0 Å². The molecule has 4 heteroatoms. The van der Waals surface area contributed by atoms with Gasteiger partial charge in [-0.2, -0.15) is 0 Å². The number of rotatable bonds is 5. The lowest BCUT2D eigenvalue weighted by Crippen LogP contribution is -2.05. The lowest BCUT2D eigenvalue weighted by Gasteiger charge is -2.10. The summed E-state index contributed by atoms with van der Waals surface area (Å²) in [5.74, 6) is 1.69. The third-order valence-corrected chi connectivity index (χ3v) is 2.18. The fraction of sp³-hybridized carbons (Fsp3) is 0.308. The van der Waals surface area contributed by atoms with Crippen LogP contribution >= 0.6 is 0 Å². The van der Waals surface area contributed by atoms with Crippen molar-refractivity contribution in [1.29, 1.82) is 0 Å². The van der Waals surface area contributed by atoms with Crippen LogP contribution in [0.4, 0.5) is 5.69 Å². The molecule has 1 aromatic heterocycles. The van der Waals surface area contributed by atoms with E-state index in [0.29, 0.717) is 6.54 Å². The molecule has 1 heterocycles. The Morgan fingerprint density at radius 3 is 2.65 bits per heavy atom. The zero-order chi connectivity index (χ0) is 12.1. The topological polar surface area (TPSA) is 47.3 Å². The minimum atomic E-state index is 0.197. The molecule has 17 heavy (non-hydrogen) atoms. The zero-order valence-corrected chi connectivity index (χ0v) is 10.0. The van der Waals surface area contributed by atoms with Gasteiger partial charge in [-0.1, -0.05) is 0 Å². The first-order valence-electron chi connectivity index (χ1n) is 5.62. The molecule has 90 valence electrons. The monoisotopic (exact) mass is 232 g/mol. The smallest absolute Gasteiger partial charge is 0.180 e. The molecule has 0 spiro atoms. The molecule has 1 aromatic carbocycles. The van der Waals surface area contributed by atoms with Gasteiger partial charge in [0.1, 0.15) is 11.5 Å². The molecule has 0 saturated heterocycles. The predicted molar refractivity (Wildman–Crippen MR) is 66.0 cm³/mol. The molecule has 0 bridgehead atoms. The molecule has 0 radical (unpaired) electrons. The van der Waals surface area contributed by atoms with E-state index in [1.165, 1.54) is 6.39 Å². The molecule has 0 aliphatic rings. The van der Waals surface area contributed by atoms with Crippen molar-refractivity contribution < 1.29 is 9.15 Å². The molecule has 4 nitrogen and oxygen atoms in total. The first-order valence-corrected chi connectivity index (χ1v) is 5.62. The van der Waals surface area contributed by atoms with Crippen molar-refractivity contribution in [2.75, 3.05) is 5.32 Å². The molecule has 0 aliphatic carbocycles. The lowest BCUT2D eigenvalue weighted by atomic mass is 10.3. The van der Waals surface area contributed by atoms with E-state index >= 15 is 0 Å². The number of anilines is 1. The van der Waals surface area contributed by atoms with Crippen LogP contribution in [0, 0.1) is 0 Å². The lowest BCUT2D eigenvalue weighted by molar-refractivity contribution is 0.242. The van der Waals surface area contributed by atoms with Crippen molar-refractivity contribution >= 4 is 5.69 Å². The van der Waals surface area contributed by atoms with Gasteiger partial charge in [0.15, 0.2) is 6.39 Å². The highest BCUT2D eigenvalue weighted by Crippen LogP contribution is 2.17. The van der Waals surface area contributed by atoms with Gasteiger partial charge in [-0.05, 0) is 38.1 Å². The second-order valence-corrected chi connectivity index (χ2v) is 4.01. The van der Waals surface area contributed by atoms with Crippen molar-refractivity contribution in [3.05, 3.63) is 42.6 Å². The van der Waals surface area contributed by atoms with Crippen molar-refractivity contribution in [1.82, 2.24) is 4.98 Å². The molecule has 1 N–H and O–H groups in total. The quantitative estimate of drug-likeness (QED) is 0.860. The van der Waals surface area contributed by atoms with E-state index in [-0.39, 0.29) is 6.10 Å². The Kier molecular flexibility index (Phi) is 3.65. The minimum Gasteiger partial charge on any atom is -0.491 e. The number of benzene rings is 1. The van der Waals surface area contributed by atoms with Crippen LogP contribution in [0.15, 0.2) is 41.3 Å². The summed E-state index contributed by atoms with van der Waals surface area (Å²) in [6.07, 6.45) is 3.32. The summed E-state index contributed by atoms with van der Waals surface area (Å²) in [5, 5.41) is 3.24. The van der Waals surface area contributed by atoms with E-state index in [2.05, 4.69) is 10.3 Å². The van der Waals surface area contributed by atoms with Crippen molar-refractivity contribution in [2.24, 2.45) is 0 Å². The Hall–Kier alpha value is -1.97. The summed E-state index contributed by atoms with van der Waals surface area (Å²) in [7, 11) is 0. The maximum absolute atomic E-state index is 5.56. The largest absolute Gasteiger partial charge is 0.491 e. The highest BCUT2D eigenvalue weighted by Gasteiger charge is 1.99. The Morgan fingerprint density at radius 2 is 2.06 bits per heavy atom. The normalized spacial score (nSPS) is 10.5. The highest BCUT2D eigenvalue weighted by molar-refractivity contribution is 5.46. The summed E-state index contributed by atoms with van der Waals surface area (Å²) in [6, 6.07) is 7.85. The van der Waals surface area contributed by atoms with Crippen molar-refractivity contribution in [3.63, 3.8) is 0 Å². The number of hydrogen-bond acceptors (Lipinski definition) is 4. The maximum atomic E-state index is 5.56. The maximum Gasteiger partial charge on any atom is 0.180 e. The first kappa shape index (κ1) is 11.5. The fourth-order valence-electron chi connectivity index (χ4n) is 1.44. The van der Waals surface area contributed by atoms with Gasteiger partial charge < -0.3 is 14.5 Å². The SMILES string of the molecule is CC(C)Oc1ccc(NCc2cnco2)cc1. The molecule has 2 rings (SSSR count). The molecular weight excluding hydrogens is 216 g/mol. The van der Waals surface area contributed by atoms with Crippen molar-refractivity contribution in [2.45, 2.75) is 26.5 Å². The summed E-state index contributed by atoms with van der Waals surface area (Å²) in [5.41, 5.74) is 1.03. The number of nitrogens with zero attached hydrogens (tertiary/aromatic N) is 1. The number of oxazole rings is 1. The third kappa shape index (κ3) is 3.52. The van der Waals surface area contributed by atoms with Crippen LogP contribution in [0.5, 0.6) is 5.75 Å². The van der Waals surface area contributed by atoms with Gasteiger partial charge in [0.05, 0.1) is 18.8 Å². The highest BCUT2D eigenvalue weighted by atomic mass is 16.5. The molecule has 0 amide bonds. The number of nitrogens with one attached hydrogen (secondary N) is 1. The summed E-state index contributed by atoms with van der Waals surface area (Å²) in [4.78, 5) is 3.85. The average molecular weight is 232 g/mol. The van der Waals surface area contributed by atoms with Crippen LogP contribution in [0.3, 0.4) is 0 Å². The molecule has 0 saturated carbocycles. The molecule has 0 fully saturated rings. The first-order chi connectivity index (χ1) is 8.24. The second kappa shape index (κ2) is 5.39. The van der Waals surface area contributed by atoms with E-state index in [1.807, 2.05) is 38.1 Å². The van der Waals surface area contributed by atoms with Gasteiger partial charge in [0.25, 0.3) is 0 Å². The predicted octanol–water partition coefficient (Wildman–Crippen LogP) is 3.07. The van der Waals surface area contributed by atoms with Crippen LogP contribution in [0.1, 0.15) is 19.6 Å². The van der Waals surface area contributed by atoms with Gasteiger partial charge in [-0.15, -0.1) is 0 Å². The standard InChI is InChI=1S/C13H16N2O2/c1-10(2)17-12-5-3-11(4-6-12)15-8-13-7-14-9-16-13/h3-7,9-10,15H,8H2,1-2H3. The zero-order valence-electron chi connectivity index (χ0n) is 10.0. The third-order valence-electron chi connectivity index (χ3n) is 2.18.